The minimum Gasteiger partial charge on any atom is -0.312 e. The molecule has 0 aliphatic carbocycles. The molecule has 1 aromatic carbocycles. The molecule has 7 heteroatoms. The second-order valence-electron chi connectivity index (χ2n) is 6.48. The number of benzene rings is 1. The van der Waals surface area contributed by atoms with Crippen molar-refractivity contribution < 1.29 is 0 Å². The Labute approximate surface area is 160 Å². The van der Waals surface area contributed by atoms with E-state index in [4.69, 9.17) is 16.6 Å². The van der Waals surface area contributed by atoms with Crippen LogP contribution < -0.4 is 5.32 Å². The van der Waals surface area contributed by atoms with Gasteiger partial charge < -0.3 is 5.32 Å². The van der Waals surface area contributed by atoms with Crippen LogP contribution in [0.25, 0.3) is 5.00 Å². The average Bonchev–Trinajstić information content (AvgIpc) is 3.20. The van der Waals surface area contributed by atoms with Crippen molar-refractivity contribution in [3.63, 3.8) is 0 Å². The molecule has 0 fully saturated rings. The molecule has 5 nitrogen and oxygen atoms in total. The number of halogens is 1. The fourth-order valence-electron chi connectivity index (χ4n) is 3.74. The van der Waals surface area contributed by atoms with Gasteiger partial charge in [0.15, 0.2) is 5.82 Å². The number of nitrogens with one attached hydrogen (secondary N) is 1. The summed E-state index contributed by atoms with van der Waals surface area (Å²) in [7, 11) is 0. The van der Waals surface area contributed by atoms with E-state index in [0.29, 0.717) is 6.54 Å². The summed E-state index contributed by atoms with van der Waals surface area (Å²) in [6.07, 6.45) is 1.85. The number of rotatable bonds is 2. The molecule has 4 heterocycles. The quantitative estimate of drug-likeness (QED) is 0.736. The average molecular weight is 384 g/mol. The number of fused-ring (bicyclic) bond motifs is 5. The largest absolute Gasteiger partial charge is 0.312 e. The number of hydrogen-bond donors (Lipinski definition) is 1. The van der Waals surface area contributed by atoms with Crippen molar-refractivity contribution in [2.24, 2.45) is 4.99 Å². The maximum absolute atomic E-state index is 6.55. The molecule has 0 atom stereocenters. The molecule has 0 amide bonds. The van der Waals surface area contributed by atoms with Gasteiger partial charge in [-0.25, -0.2) is 0 Å². The highest BCUT2D eigenvalue weighted by molar-refractivity contribution is 7.15. The van der Waals surface area contributed by atoms with Crippen LogP contribution in [0.4, 0.5) is 0 Å². The van der Waals surface area contributed by atoms with E-state index in [1.165, 1.54) is 21.0 Å². The van der Waals surface area contributed by atoms with Crippen LogP contribution in [0.1, 0.15) is 40.1 Å². The Balaban J connectivity index is 1.82. The van der Waals surface area contributed by atoms with Crippen LogP contribution in [-0.2, 0) is 25.9 Å². The van der Waals surface area contributed by atoms with Crippen molar-refractivity contribution in [1.29, 1.82) is 0 Å². The third-order valence-corrected chi connectivity index (χ3v) is 6.52. The molecule has 0 bridgehead atoms. The molecule has 1 N–H and O–H groups in total. The maximum Gasteiger partial charge on any atom is 0.160 e. The highest BCUT2D eigenvalue weighted by Crippen LogP contribution is 2.39. The molecule has 2 aromatic heterocycles. The molecule has 3 aromatic rings. The van der Waals surface area contributed by atoms with Crippen LogP contribution in [0.15, 0.2) is 29.3 Å². The van der Waals surface area contributed by atoms with Gasteiger partial charge in [-0.1, -0.05) is 36.7 Å². The topological polar surface area (TPSA) is 55.1 Å². The summed E-state index contributed by atoms with van der Waals surface area (Å²) < 4.78 is 2.21. The number of aliphatic imine (C=N–C) groups is 1. The molecule has 2 aliphatic rings. The highest BCUT2D eigenvalue weighted by Gasteiger charge is 2.30. The lowest BCUT2D eigenvalue weighted by atomic mass is 9.96. The summed E-state index contributed by atoms with van der Waals surface area (Å²) in [5.74, 6) is 1.89. The summed E-state index contributed by atoms with van der Waals surface area (Å²) in [5, 5.41) is 14.2. The van der Waals surface area contributed by atoms with Crippen molar-refractivity contribution in [3.8, 4) is 5.00 Å². The third-order valence-electron chi connectivity index (χ3n) is 4.97. The summed E-state index contributed by atoms with van der Waals surface area (Å²) >= 11 is 8.38. The molecule has 0 spiro atoms. The predicted molar refractivity (Wildman–Crippen MR) is 105 cm³/mol. The number of thiophene rings is 1. The van der Waals surface area contributed by atoms with Gasteiger partial charge in [0.2, 0.25) is 0 Å². The lowest BCUT2D eigenvalue weighted by Crippen LogP contribution is -2.23. The SMILES string of the molecule is CCc1nnc2n1-c1sc3c(c1C(c1ccccc1Cl)=NC2)CCNC3. The summed E-state index contributed by atoms with van der Waals surface area (Å²) in [5.41, 5.74) is 4.59. The molecule has 0 radical (unpaired) electrons. The predicted octanol–water partition coefficient (Wildman–Crippen LogP) is 3.54. The van der Waals surface area contributed by atoms with E-state index in [2.05, 4.69) is 33.1 Å². The van der Waals surface area contributed by atoms with Gasteiger partial charge in [0, 0.05) is 34.0 Å². The van der Waals surface area contributed by atoms with E-state index in [9.17, 15) is 0 Å². The van der Waals surface area contributed by atoms with E-state index in [1.807, 2.05) is 29.5 Å². The van der Waals surface area contributed by atoms with E-state index >= 15 is 0 Å². The fourth-order valence-corrected chi connectivity index (χ4v) is 5.33. The van der Waals surface area contributed by atoms with Gasteiger partial charge in [-0.3, -0.25) is 9.56 Å². The first kappa shape index (κ1) is 16.2. The number of nitrogens with zero attached hydrogens (tertiary/aromatic N) is 4. The Kier molecular flexibility index (Phi) is 3.92. The minimum absolute atomic E-state index is 0.516. The van der Waals surface area contributed by atoms with E-state index < -0.39 is 0 Å². The summed E-state index contributed by atoms with van der Waals surface area (Å²) in [4.78, 5) is 6.34. The smallest absolute Gasteiger partial charge is 0.160 e. The maximum atomic E-state index is 6.55. The lowest BCUT2D eigenvalue weighted by molar-refractivity contribution is 0.654. The molecule has 0 saturated carbocycles. The molecular weight excluding hydrogens is 366 g/mol. The first-order valence-corrected chi connectivity index (χ1v) is 10.1. The Morgan fingerprint density at radius 1 is 1.27 bits per heavy atom. The Hall–Kier alpha value is -2.02. The van der Waals surface area contributed by atoms with Gasteiger partial charge in [-0.2, -0.15) is 0 Å². The van der Waals surface area contributed by atoms with Gasteiger partial charge in [-0.15, -0.1) is 21.5 Å². The standard InChI is InChI=1S/C19H18ClN5S/c1-2-15-23-24-16-10-22-18(11-5-3-4-6-13(11)20)17-12-7-8-21-9-14(12)26-19(17)25(15)16/h3-6,21H,2,7-10H2,1H3. The van der Waals surface area contributed by atoms with Gasteiger partial charge in [0.25, 0.3) is 0 Å². The second-order valence-corrected chi connectivity index (χ2v) is 7.97. The summed E-state index contributed by atoms with van der Waals surface area (Å²) in [6, 6.07) is 7.97. The molecule has 0 saturated heterocycles. The van der Waals surface area contributed by atoms with E-state index in [1.54, 1.807) is 0 Å². The van der Waals surface area contributed by atoms with Crippen molar-refractivity contribution >= 4 is 28.6 Å². The molecule has 0 unspecified atom stereocenters. The fraction of sp³-hybridized carbons (Fsp3) is 0.316. The third kappa shape index (κ3) is 2.36. The zero-order valence-electron chi connectivity index (χ0n) is 14.4. The molecule has 132 valence electrons. The second kappa shape index (κ2) is 6.30. The lowest BCUT2D eigenvalue weighted by Gasteiger charge is -2.16. The number of aryl methyl sites for hydroxylation is 1. The van der Waals surface area contributed by atoms with Crippen molar-refractivity contribution in [1.82, 2.24) is 20.1 Å². The van der Waals surface area contributed by atoms with Gasteiger partial charge in [0.1, 0.15) is 17.4 Å². The van der Waals surface area contributed by atoms with Gasteiger partial charge in [0.05, 0.1) is 5.71 Å². The van der Waals surface area contributed by atoms with Crippen molar-refractivity contribution in [2.75, 3.05) is 6.54 Å². The normalized spacial score (nSPS) is 15.7. The zero-order chi connectivity index (χ0) is 17.7. The molecule has 2 aliphatic heterocycles. The molecule has 5 rings (SSSR count). The molecule has 26 heavy (non-hydrogen) atoms. The van der Waals surface area contributed by atoms with Crippen LogP contribution in [0.2, 0.25) is 5.02 Å². The Morgan fingerprint density at radius 3 is 3.00 bits per heavy atom. The van der Waals surface area contributed by atoms with Crippen LogP contribution in [0, 0.1) is 0 Å². The van der Waals surface area contributed by atoms with Gasteiger partial charge >= 0.3 is 0 Å². The monoisotopic (exact) mass is 383 g/mol. The Bertz CT molecular complexity index is 1030. The summed E-state index contributed by atoms with van der Waals surface area (Å²) in [6.45, 7) is 4.53. The van der Waals surface area contributed by atoms with Crippen LogP contribution >= 0.6 is 22.9 Å². The van der Waals surface area contributed by atoms with Gasteiger partial charge in [-0.05, 0) is 24.6 Å². The van der Waals surface area contributed by atoms with Crippen LogP contribution in [0.5, 0.6) is 0 Å². The number of aromatic nitrogens is 3. The van der Waals surface area contributed by atoms with Crippen molar-refractivity contribution in [3.05, 3.63) is 62.5 Å². The zero-order valence-corrected chi connectivity index (χ0v) is 16.0. The van der Waals surface area contributed by atoms with Crippen LogP contribution in [-0.4, -0.2) is 27.0 Å². The Morgan fingerprint density at radius 2 is 2.15 bits per heavy atom. The highest BCUT2D eigenvalue weighted by atomic mass is 35.5. The van der Waals surface area contributed by atoms with Crippen molar-refractivity contribution in [2.45, 2.75) is 32.9 Å². The first-order valence-electron chi connectivity index (χ1n) is 8.86. The minimum atomic E-state index is 0.516. The molecular formula is C19H18ClN5S. The first-order chi connectivity index (χ1) is 12.8. The number of hydrogen-bond acceptors (Lipinski definition) is 5. The van der Waals surface area contributed by atoms with Crippen LogP contribution in [0.3, 0.4) is 0 Å². The van der Waals surface area contributed by atoms with E-state index in [0.717, 1.165) is 53.9 Å². The van der Waals surface area contributed by atoms with E-state index in [-0.39, 0.29) is 0 Å².